The van der Waals surface area contributed by atoms with Crippen LogP contribution >= 0.6 is 0 Å². The Morgan fingerprint density at radius 3 is 2.47 bits per heavy atom. The van der Waals surface area contributed by atoms with Gasteiger partial charge in [-0.2, -0.15) is 0 Å². The number of nitrogens with one attached hydrogen (secondary N) is 2. The first-order valence-electron chi connectivity index (χ1n) is 5.73. The molecule has 1 heterocycles. The van der Waals surface area contributed by atoms with Crippen LogP contribution in [0.2, 0.25) is 0 Å². The number of carboxylic acids is 1. The van der Waals surface area contributed by atoms with Gasteiger partial charge in [0.05, 0.1) is 5.69 Å². The summed E-state index contributed by atoms with van der Waals surface area (Å²) in [6, 6.07) is 0. The maximum atomic E-state index is 11.8. The van der Waals surface area contributed by atoms with Crippen molar-refractivity contribution in [1.82, 2.24) is 4.98 Å². The molecular formula is C12H18N2O3. The molecule has 0 saturated carbocycles. The monoisotopic (exact) mass is 238 g/mol. The summed E-state index contributed by atoms with van der Waals surface area (Å²) in [6.45, 7) is 5.54. The zero-order valence-corrected chi connectivity index (χ0v) is 10.3. The number of aromatic carboxylic acids is 1. The van der Waals surface area contributed by atoms with Crippen LogP contribution in [0.1, 0.15) is 42.7 Å². The van der Waals surface area contributed by atoms with Gasteiger partial charge in [0.15, 0.2) is 0 Å². The second-order valence-corrected chi connectivity index (χ2v) is 4.01. The van der Waals surface area contributed by atoms with Crippen LogP contribution in [0.3, 0.4) is 0 Å². The topological polar surface area (TPSA) is 82.2 Å². The van der Waals surface area contributed by atoms with Crippen molar-refractivity contribution in [3.8, 4) is 0 Å². The minimum atomic E-state index is -1.04. The Balaban J connectivity index is 2.89. The fraction of sp³-hybridized carbons (Fsp3) is 0.500. The van der Waals surface area contributed by atoms with Gasteiger partial charge in [0.2, 0.25) is 5.91 Å². The minimum absolute atomic E-state index is 0.0770. The Kier molecular flexibility index (Phi) is 4.31. The van der Waals surface area contributed by atoms with Crippen LogP contribution in [0.4, 0.5) is 5.69 Å². The van der Waals surface area contributed by atoms with Crippen molar-refractivity contribution in [3.05, 3.63) is 17.5 Å². The lowest BCUT2D eigenvalue weighted by Gasteiger charge is -2.12. The van der Waals surface area contributed by atoms with Crippen molar-refractivity contribution in [3.63, 3.8) is 0 Å². The Morgan fingerprint density at radius 2 is 2.00 bits per heavy atom. The summed E-state index contributed by atoms with van der Waals surface area (Å²) in [4.78, 5) is 25.7. The van der Waals surface area contributed by atoms with Crippen LogP contribution in [0.15, 0.2) is 6.20 Å². The summed E-state index contributed by atoms with van der Waals surface area (Å²) in [5.41, 5.74) is 1.01. The van der Waals surface area contributed by atoms with E-state index in [-0.39, 0.29) is 17.4 Å². The molecular weight excluding hydrogens is 220 g/mol. The highest BCUT2D eigenvalue weighted by Gasteiger charge is 2.20. The molecule has 0 radical (unpaired) electrons. The lowest BCUT2D eigenvalue weighted by atomic mass is 10.0. The lowest BCUT2D eigenvalue weighted by molar-refractivity contribution is -0.120. The minimum Gasteiger partial charge on any atom is -0.478 e. The fourth-order valence-corrected chi connectivity index (χ4v) is 1.80. The van der Waals surface area contributed by atoms with Gasteiger partial charge < -0.3 is 15.4 Å². The van der Waals surface area contributed by atoms with Crippen LogP contribution in [0, 0.1) is 12.8 Å². The Hall–Kier alpha value is -1.78. The summed E-state index contributed by atoms with van der Waals surface area (Å²) >= 11 is 0. The highest BCUT2D eigenvalue weighted by atomic mass is 16.4. The molecule has 0 atom stereocenters. The fourth-order valence-electron chi connectivity index (χ4n) is 1.80. The number of aryl methyl sites for hydroxylation is 1. The Labute approximate surface area is 100 Å². The van der Waals surface area contributed by atoms with Crippen molar-refractivity contribution < 1.29 is 14.7 Å². The van der Waals surface area contributed by atoms with Crippen molar-refractivity contribution in [1.29, 1.82) is 0 Å². The van der Waals surface area contributed by atoms with Gasteiger partial charge in [0.1, 0.15) is 5.56 Å². The van der Waals surface area contributed by atoms with E-state index < -0.39 is 5.97 Å². The van der Waals surface area contributed by atoms with E-state index in [1.165, 1.54) is 6.20 Å². The average molecular weight is 238 g/mol. The standard InChI is InChI=1S/C12H18N2O3/c1-4-8(5-2)11(15)14-9-6-13-7(3)10(9)12(16)17/h6,8,13H,4-5H2,1-3H3,(H,14,15)(H,16,17). The molecule has 0 bridgehead atoms. The number of anilines is 1. The average Bonchev–Trinajstić information content (AvgIpc) is 2.61. The van der Waals surface area contributed by atoms with E-state index in [0.717, 1.165) is 12.8 Å². The van der Waals surface area contributed by atoms with Crippen LogP contribution in [-0.4, -0.2) is 22.0 Å². The van der Waals surface area contributed by atoms with E-state index in [0.29, 0.717) is 11.4 Å². The third-order valence-electron chi connectivity index (χ3n) is 2.91. The summed E-state index contributed by atoms with van der Waals surface area (Å²) in [7, 11) is 0. The first kappa shape index (κ1) is 13.3. The molecule has 94 valence electrons. The second-order valence-electron chi connectivity index (χ2n) is 4.01. The van der Waals surface area contributed by atoms with E-state index in [9.17, 15) is 9.59 Å². The first-order chi connectivity index (χ1) is 8.01. The zero-order valence-electron chi connectivity index (χ0n) is 10.3. The smallest absolute Gasteiger partial charge is 0.339 e. The maximum Gasteiger partial charge on any atom is 0.339 e. The molecule has 0 aromatic carbocycles. The van der Waals surface area contributed by atoms with Gasteiger partial charge in [-0.1, -0.05) is 13.8 Å². The predicted octanol–water partition coefficient (Wildman–Crippen LogP) is 2.40. The molecule has 5 heteroatoms. The second kappa shape index (κ2) is 5.52. The number of amides is 1. The number of carbonyl (C=O) groups is 2. The highest BCUT2D eigenvalue weighted by molar-refractivity contribution is 6.02. The molecule has 0 aliphatic heterocycles. The van der Waals surface area contributed by atoms with Crippen LogP contribution in [0.5, 0.6) is 0 Å². The SMILES string of the molecule is CCC(CC)C(=O)Nc1c[nH]c(C)c1C(=O)O. The van der Waals surface area contributed by atoms with Crippen molar-refractivity contribution >= 4 is 17.6 Å². The van der Waals surface area contributed by atoms with Gasteiger partial charge in [-0.05, 0) is 19.8 Å². The third-order valence-corrected chi connectivity index (χ3v) is 2.91. The molecule has 1 amide bonds. The van der Waals surface area contributed by atoms with Gasteiger partial charge in [-0.25, -0.2) is 4.79 Å². The maximum absolute atomic E-state index is 11.8. The van der Waals surface area contributed by atoms with Gasteiger partial charge in [-0.3, -0.25) is 4.79 Å². The van der Waals surface area contributed by atoms with Gasteiger partial charge in [0.25, 0.3) is 0 Å². The molecule has 0 fully saturated rings. The summed E-state index contributed by atoms with van der Waals surface area (Å²) in [6.07, 6.45) is 3.00. The number of carbonyl (C=O) groups excluding carboxylic acids is 1. The van der Waals surface area contributed by atoms with E-state index in [1.54, 1.807) is 6.92 Å². The predicted molar refractivity (Wildman–Crippen MR) is 65.2 cm³/mol. The van der Waals surface area contributed by atoms with Crippen molar-refractivity contribution in [2.75, 3.05) is 5.32 Å². The number of rotatable bonds is 5. The molecule has 5 nitrogen and oxygen atoms in total. The molecule has 0 unspecified atom stereocenters. The summed E-state index contributed by atoms with van der Waals surface area (Å²) < 4.78 is 0. The van der Waals surface area contributed by atoms with E-state index >= 15 is 0 Å². The van der Waals surface area contributed by atoms with Gasteiger partial charge in [0, 0.05) is 17.8 Å². The lowest BCUT2D eigenvalue weighted by Crippen LogP contribution is -2.22. The Morgan fingerprint density at radius 1 is 1.41 bits per heavy atom. The van der Waals surface area contributed by atoms with Crippen LogP contribution in [-0.2, 0) is 4.79 Å². The largest absolute Gasteiger partial charge is 0.478 e. The molecule has 0 aliphatic rings. The first-order valence-corrected chi connectivity index (χ1v) is 5.73. The van der Waals surface area contributed by atoms with Crippen molar-refractivity contribution in [2.24, 2.45) is 5.92 Å². The summed E-state index contributed by atoms with van der Waals surface area (Å²) in [5, 5.41) is 11.7. The van der Waals surface area contributed by atoms with Crippen LogP contribution < -0.4 is 5.32 Å². The zero-order chi connectivity index (χ0) is 13.0. The van der Waals surface area contributed by atoms with Crippen LogP contribution in [0.25, 0.3) is 0 Å². The van der Waals surface area contributed by atoms with E-state index in [4.69, 9.17) is 5.11 Å². The highest BCUT2D eigenvalue weighted by Crippen LogP contribution is 2.20. The van der Waals surface area contributed by atoms with Gasteiger partial charge >= 0.3 is 5.97 Å². The Bertz CT molecular complexity index is 419. The normalized spacial score (nSPS) is 10.6. The third kappa shape index (κ3) is 2.87. The number of hydrogen-bond acceptors (Lipinski definition) is 2. The molecule has 1 rings (SSSR count). The molecule has 0 spiro atoms. The number of hydrogen-bond donors (Lipinski definition) is 3. The van der Waals surface area contributed by atoms with E-state index in [1.807, 2.05) is 13.8 Å². The number of carboxylic acid groups (broad SMARTS) is 1. The van der Waals surface area contributed by atoms with Crippen molar-refractivity contribution in [2.45, 2.75) is 33.6 Å². The molecule has 1 aromatic rings. The van der Waals surface area contributed by atoms with Gasteiger partial charge in [-0.15, -0.1) is 0 Å². The molecule has 0 saturated heterocycles. The van der Waals surface area contributed by atoms with E-state index in [2.05, 4.69) is 10.3 Å². The molecule has 1 aromatic heterocycles. The number of aromatic nitrogens is 1. The molecule has 0 aliphatic carbocycles. The molecule has 17 heavy (non-hydrogen) atoms. The summed E-state index contributed by atoms with van der Waals surface area (Å²) in [5.74, 6) is -1.24. The molecule has 3 N–H and O–H groups in total. The number of aromatic amines is 1. The number of H-pyrrole nitrogens is 1. The quantitative estimate of drug-likeness (QED) is 0.736.